The van der Waals surface area contributed by atoms with Gasteiger partial charge in [-0.25, -0.2) is 0 Å². The Balaban J connectivity index is 3.15. The Morgan fingerprint density at radius 1 is 0.288 bits per heavy atom. The molecule has 66 heavy (non-hydrogen) atoms. The number of esters is 1. The molecule has 0 rings (SSSR count). The number of aliphatic carboxylic acids is 1. The van der Waals surface area contributed by atoms with Crippen LogP contribution < -0.4 is 0 Å². The number of carboxylic acids is 1. The molecule has 0 heterocycles. The fourth-order valence-electron chi connectivity index (χ4n) is 9.87. The monoisotopic (exact) mass is 929 g/mol. The first-order chi connectivity index (χ1) is 32.7. The summed E-state index contributed by atoms with van der Waals surface area (Å²) in [7, 11) is 0. The molecule has 0 fully saturated rings. The van der Waals surface area contributed by atoms with Gasteiger partial charge in [-0.1, -0.05) is 321 Å². The van der Waals surface area contributed by atoms with Crippen LogP contribution in [-0.4, -0.2) is 23.7 Å². The third-order valence-electron chi connectivity index (χ3n) is 14.4. The summed E-state index contributed by atoms with van der Waals surface area (Å²) in [6.07, 6.45) is 79.2. The minimum Gasteiger partial charge on any atom is -0.481 e. The predicted molar refractivity (Wildman–Crippen MR) is 292 cm³/mol. The fourth-order valence-corrected chi connectivity index (χ4v) is 9.87. The first-order valence-electron chi connectivity index (χ1n) is 30.7. The average Bonchev–Trinajstić information content (AvgIpc) is 3.31. The van der Waals surface area contributed by atoms with Gasteiger partial charge in [-0.05, 0) is 44.9 Å². The molecule has 0 radical (unpaired) electrons. The third-order valence-corrected chi connectivity index (χ3v) is 14.4. The van der Waals surface area contributed by atoms with Crippen molar-refractivity contribution in [2.75, 3.05) is 6.61 Å². The summed E-state index contributed by atoms with van der Waals surface area (Å²) in [6.45, 7) is 2.92. The zero-order valence-electron chi connectivity index (χ0n) is 45.1. The highest BCUT2D eigenvalue weighted by molar-refractivity contribution is 5.69. The molecule has 0 saturated heterocycles. The maximum atomic E-state index is 12.1. The van der Waals surface area contributed by atoms with Crippen molar-refractivity contribution >= 4 is 11.9 Å². The maximum Gasteiger partial charge on any atom is 0.305 e. The minimum absolute atomic E-state index is 0.0265. The van der Waals surface area contributed by atoms with Crippen LogP contribution in [0.15, 0.2) is 12.2 Å². The van der Waals surface area contributed by atoms with Crippen LogP contribution in [0, 0.1) is 0 Å². The molecular formula is C62H120O4. The Hall–Kier alpha value is -1.32. The van der Waals surface area contributed by atoms with E-state index in [-0.39, 0.29) is 5.97 Å². The molecule has 0 bridgehead atoms. The number of allylic oxidation sites excluding steroid dienone is 2. The van der Waals surface area contributed by atoms with Crippen LogP contribution in [0.2, 0.25) is 0 Å². The Morgan fingerprint density at radius 3 is 0.758 bits per heavy atom. The maximum absolute atomic E-state index is 12.1. The van der Waals surface area contributed by atoms with Crippen molar-refractivity contribution in [2.45, 2.75) is 366 Å². The topological polar surface area (TPSA) is 63.6 Å². The lowest BCUT2D eigenvalue weighted by atomic mass is 10.0. The number of ether oxygens (including phenoxy) is 1. The second-order valence-corrected chi connectivity index (χ2v) is 21.2. The summed E-state index contributed by atoms with van der Waals surface area (Å²) in [5, 5.41) is 8.68. The number of hydrogen-bond donors (Lipinski definition) is 1. The molecule has 392 valence electrons. The second kappa shape index (κ2) is 59.8. The van der Waals surface area contributed by atoms with Gasteiger partial charge in [0.25, 0.3) is 0 Å². The molecule has 0 aliphatic rings. The second-order valence-electron chi connectivity index (χ2n) is 21.2. The molecule has 0 aliphatic heterocycles. The molecule has 4 nitrogen and oxygen atoms in total. The van der Waals surface area contributed by atoms with Gasteiger partial charge in [0, 0.05) is 12.8 Å². The Labute approximate surface area is 415 Å². The highest BCUT2D eigenvalue weighted by Crippen LogP contribution is 2.19. The number of carboxylic acid groups (broad SMARTS) is 1. The number of carbonyl (C=O) groups excluding carboxylic acids is 1. The van der Waals surface area contributed by atoms with Crippen LogP contribution in [0.5, 0.6) is 0 Å². The lowest BCUT2D eigenvalue weighted by molar-refractivity contribution is -0.144. The van der Waals surface area contributed by atoms with Gasteiger partial charge in [0.1, 0.15) is 0 Å². The van der Waals surface area contributed by atoms with Gasteiger partial charge < -0.3 is 9.84 Å². The van der Waals surface area contributed by atoms with Crippen LogP contribution >= 0.6 is 0 Å². The molecule has 4 heteroatoms. The molecule has 1 N–H and O–H groups in total. The first kappa shape index (κ1) is 64.7. The van der Waals surface area contributed by atoms with Gasteiger partial charge in [-0.3, -0.25) is 9.59 Å². The predicted octanol–water partition coefficient (Wildman–Crippen LogP) is 22.0. The van der Waals surface area contributed by atoms with E-state index in [1.807, 2.05) is 0 Å². The van der Waals surface area contributed by atoms with Gasteiger partial charge in [-0.15, -0.1) is 0 Å². The van der Waals surface area contributed by atoms with Crippen LogP contribution in [0.3, 0.4) is 0 Å². The minimum atomic E-state index is -0.650. The van der Waals surface area contributed by atoms with E-state index in [0.717, 1.165) is 25.7 Å². The van der Waals surface area contributed by atoms with E-state index in [4.69, 9.17) is 9.84 Å². The molecule has 0 aromatic carbocycles. The Kier molecular flexibility index (Phi) is 58.6. The zero-order chi connectivity index (χ0) is 47.6. The largest absolute Gasteiger partial charge is 0.481 e. The summed E-state index contributed by atoms with van der Waals surface area (Å²) in [5.41, 5.74) is 0. The molecule has 0 spiro atoms. The standard InChI is InChI=1S/C62H120O4/c1-2-3-4-5-6-7-8-9-10-11-12-28-32-35-38-41-44-47-50-53-56-59-62(65)66-60-57-54-51-48-45-42-39-36-33-30-27-25-23-21-19-17-15-13-14-16-18-20-22-24-26-29-31-34-37-40-43-46-49-52-55-58-61(63)64/h9-10H,2-8,11-60H2,1H3,(H,63,64). The molecule has 0 aliphatic carbocycles. The summed E-state index contributed by atoms with van der Waals surface area (Å²) < 4.78 is 5.51. The van der Waals surface area contributed by atoms with Crippen molar-refractivity contribution in [3.05, 3.63) is 12.2 Å². The average molecular weight is 930 g/mol. The normalized spacial score (nSPS) is 11.7. The van der Waals surface area contributed by atoms with E-state index < -0.39 is 5.97 Å². The molecule has 0 unspecified atom stereocenters. The number of hydrogen-bond acceptors (Lipinski definition) is 3. The highest BCUT2D eigenvalue weighted by Gasteiger charge is 2.04. The Morgan fingerprint density at radius 2 is 0.500 bits per heavy atom. The summed E-state index contributed by atoms with van der Waals surface area (Å²) in [6, 6.07) is 0. The molecule has 0 saturated carbocycles. The lowest BCUT2D eigenvalue weighted by Crippen LogP contribution is -2.05. The third kappa shape index (κ3) is 60.7. The number of unbranched alkanes of at least 4 members (excludes halogenated alkanes) is 51. The van der Waals surface area contributed by atoms with Crippen molar-refractivity contribution in [3.8, 4) is 0 Å². The number of carbonyl (C=O) groups is 2. The summed E-state index contributed by atoms with van der Waals surface area (Å²) in [5.74, 6) is -0.624. The number of rotatable bonds is 59. The molecular weight excluding hydrogens is 809 g/mol. The van der Waals surface area contributed by atoms with Crippen LogP contribution in [0.1, 0.15) is 366 Å². The highest BCUT2D eigenvalue weighted by atomic mass is 16.5. The van der Waals surface area contributed by atoms with Gasteiger partial charge >= 0.3 is 11.9 Å². The van der Waals surface area contributed by atoms with E-state index in [2.05, 4.69) is 19.1 Å². The fraction of sp³-hybridized carbons (Fsp3) is 0.935. The van der Waals surface area contributed by atoms with Gasteiger partial charge in [-0.2, -0.15) is 0 Å². The molecule has 0 atom stereocenters. The van der Waals surface area contributed by atoms with Crippen molar-refractivity contribution in [1.29, 1.82) is 0 Å². The molecule has 0 aromatic rings. The molecule has 0 amide bonds. The SMILES string of the molecule is CCCCCCCCC=CCCCCCCCCCCCCCC(=O)OCCCCCCCCCCCCCCCCCCCCCCCCCCCCCCCCCCCCCC(=O)O. The Bertz CT molecular complexity index is 944. The van der Waals surface area contributed by atoms with Gasteiger partial charge in [0.05, 0.1) is 6.61 Å². The zero-order valence-corrected chi connectivity index (χ0v) is 45.1. The quantitative estimate of drug-likeness (QED) is 0.0375. The lowest BCUT2D eigenvalue weighted by Gasteiger charge is -2.06. The van der Waals surface area contributed by atoms with E-state index in [1.165, 1.54) is 321 Å². The van der Waals surface area contributed by atoms with Crippen LogP contribution in [-0.2, 0) is 14.3 Å². The van der Waals surface area contributed by atoms with E-state index in [0.29, 0.717) is 19.4 Å². The van der Waals surface area contributed by atoms with Crippen molar-refractivity contribution in [2.24, 2.45) is 0 Å². The van der Waals surface area contributed by atoms with Crippen LogP contribution in [0.4, 0.5) is 0 Å². The van der Waals surface area contributed by atoms with Crippen molar-refractivity contribution in [3.63, 3.8) is 0 Å². The molecule has 0 aromatic heterocycles. The first-order valence-corrected chi connectivity index (χ1v) is 30.7. The van der Waals surface area contributed by atoms with Gasteiger partial charge in [0.15, 0.2) is 0 Å². The van der Waals surface area contributed by atoms with Crippen LogP contribution in [0.25, 0.3) is 0 Å². The van der Waals surface area contributed by atoms with E-state index >= 15 is 0 Å². The summed E-state index contributed by atoms with van der Waals surface area (Å²) in [4.78, 5) is 22.6. The van der Waals surface area contributed by atoms with Crippen molar-refractivity contribution in [1.82, 2.24) is 0 Å². The van der Waals surface area contributed by atoms with Gasteiger partial charge in [0.2, 0.25) is 0 Å². The van der Waals surface area contributed by atoms with E-state index in [9.17, 15) is 9.59 Å². The summed E-state index contributed by atoms with van der Waals surface area (Å²) >= 11 is 0. The smallest absolute Gasteiger partial charge is 0.305 e. The van der Waals surface area contributed by atoms with Crippen molar-refractivity contribution < 1.29 is 19.4 Å². The van der Waals surface area contributed by atoms with E-state index in [1.54, 1.807) is 0 Å².